The van der Waals surface area contributed by atoms with Crippen LogP contribution >= 0.6 is 11.6 Å². The van der Waals surface area contributed by atoms with Crippen LogP contribution in [0.5, 0.6) is 5.75 Å². The number of hydrogen-bond donors (Lipinski definition) is 2. The summed E-state index contributed by atoms with van der Waals surface area (Å²) in [5.74, 6) is -0.204. The van der Waals surface area contributed by atoms with Crippen molar-refractivity contribution in [1.82, 2.24) is 14.3 Å². The molecule has 1 heterocycles. The van der Waals surface area contributed by atoms with Gasteiger partial charge in [-0.1, -0.05) is 54.1 Å². The van der Waals surface area contributed by atoms with E-state index in [0.717, 1.165) is 18.4 Å². The molecule has 1 aliphatic heterocycles. The van der Waals surface area contributed by atoms with E-state index in [9.17, 15) is 21.6 Å². The lowest BCUT2D eigenvalue weighted by molar-refractivity contribution is -0.122. The third kappa shape index (κ3) is 7.17. The van der Waals surface area contributed by atoms with Crippen molar-refractivity contribution in [3.8, 4) is 5.75 Å². The van der Waals surface area contributed by atoms with Gasteiger partial charge in [-0.3, -0.25) is 4.79 Å². The van der Waals surface area contributed by atoms with Crippen LogP contribution in [-0.4, -0.2) is 53.3 Å². The van der Waals surface area contributed by atoms with Gasteiger partial charge >= 0.3 is 0 Å². The molecule has 1 amide bonds. The smallest absolute Gasteiger partial charge is 0.243 e. The summed E-state index contributed by atoms with van der Waals surface area (Å²) in [6.45, 7) is 1.12. The Kier molecular flexibility index (Phi) is 9.29. The summed E-state index contributed by atoms with van der Waals surface area (Å²) >= 11 is 6.12. The minimum absolute atomic E-state index is 0.0876. The average molecular weight is 592 g/mol. The first-order chi connectivity index (χ1) is 18.6. The molecule has 0 aromatic heterocycles. The topological polar surface area (TPSA) is 122 Å². The molecular formula is C27H30ClN3O6S2. The minimum Gasteiger partial charge on any atom is -0.495 e. The zero-order chi connectivity index (χ0) is 28.0. The van der Waals surface area contributed by atoms with E-state index in [1.807, 2.05) is 6.07 Å². The average Bonchev–Trinajstić information content (AvgIpc) is 3.48. The van der Waals surface area contributed by atoms with Crippen molar-refractivity contribution in [3.63, 3.8) is 0 Å². The molecule has 9 nitrogen and oxygen atoms in total. The van der Waals surface area contributed by atoms with Gasteiger partial charge in [-0.05, 0) is 60.7 Å². The number of carbonyl (C=O) groups is 1. The maximum Gasteiger partial charge on any atom is 0.243 e. The Morgan fingerprint density at radius 3 is 2.18 bits per heavy atom. The van der Waals surface area contributed by atoms with E-state index in [2.05, 4.69) is 10.0 Å². The van der Waals surface area contributed by atoms with Crippen molar-refractivity contribution >= 4 is 37.6 Å². The van der Waals surface area contributed by atoms with Gasteiger partial charge in [-0.25, -0.2) is 16.8 Å². The lowest BCUT2D eigenvalue weighted by atomic mass is 10.1. The van der Waals surface area contributed by atoms with E-state index >= 15 is 0 Å². The van der Waals surface area contributed by atoms with Crippen LogP contribution in [-0.2, 0) is 37.8 Å². The largest absolute Gasteiger partial charge is 0.495 e. The summed E-state index contributed by atoms with van der Waals surface area (Å²) in [5.41, 5.74) is 1.44. The highest BCUT2D eigenvalue weighted by molar-refractivity contribution is 7.89. The Hall–Kier alpha value is -2.96. The van der Waals surface area contributed by atoms with Crippen LogP contribution in [0.4, 0.5) is 0 Å². The van der Waals surface area contributed by atoms with Crippen molar-refractivity contribution in [1.29, 1.82) is 0 Å². The molecule has 12 heteroatoms. The fraction of sp³-hybridized carbons (Fsp3) is 0.296. The van der Waals surface area contributed by atoms with E-state index in [1.54, 1.807) is 36.4 Å². The van der Waals surface area contributed by atoms with Crippen molar-refractivity contribution in [2.75, 3.05) is 20.2 Å². The minimum atomic E-state index is -4.11. The van der Waals surface area contributed by atoms with Crippen LogP contribution in [0, 0.1) is 0 Å². The molecule has 39 heavy (non-hydrogen) atoms. The Morgan fingerprint density at radius 2 is 1.56 bits per heavy atom. The normalized spacial score (nSPS) is 15.1. The first-order valence-corrected chi connectivity index (χ1v) is 15.7. The van der Waals surface area contributed by atoms with Crippen LogP contribution in [0.1, 0.15) is 24.0 Å². The second-order valence-corrected chi connectivity index (χ2v) is 13.2. The molecule has 0 saturated carbocycles. The molecule has 1 atom stereocenters. The molecular weight excluding hydrogens is 562 g/mol. The number of benzene rings is 3. The predicted octanol–water partition coefficient (Wildman–Crippen LogP) is 3.34. The van der Waals surface area contributed by atoms with Gasteiger partial charge in [0.05, 0.1) is 21.9 Å². The Labute approximate surface area is 234 Å². The summed E-state index contributed by atoms with van der Waals surface area (Å²) < 4.78 is 60.9. The first kappa shape index (κ1) is 29.0. The van der Waals surface area contributed by atoms with E-state index < -0.39 is 32.0 Å². The number of sulfonamides is 2. The van der Waals surface area contributed by atoms with Gasteiger partial charge in [-0.15, -0.1) is 0 Å². The van der Waals surface area contributed by atoms with E-state index in [4.69, 9.17) is 16.3 Å². The van der Waals surface area contributed by atoms with Gasteiger partial charge in [0, 0.05) is 19.6 Å². The highest BCUT2D eigenvalue weighted by Gasteiger charge is 2.28. The summed E-state index contributed by atoms with van der Waals surface area (Å²) in [7, 11) is -6.22. The molecule has 0 unspecified atom stereocenters. The van der Waals surface area contributed by atoms with E-state index in [1.165, 1.54) is 41.7 Å². The molecule has 0 spiro atoms. The van der Waals surface area contributed by atoms with Gasteiger partial charge < -0.3 is 10.1 Å². The van der Waals surface area contributed by atoms with Gasteiger partial charge in [0.25, 0.3) is 0 Å². The summed E-state index contributed by atoms with van der Waals surface area (Å²) in [4.78, 5) is 13.3. The number of nitrogens with zero attached hydrogens (tertiary/aromatic N) is 1. The predicted molar refractivity (Wildman–Crippen MR) is 149 cm³/mol. The van der Waals surface area contributed by atoms with Crippen molar-refractivity contribution in [3.05, 3.63) is 88.9 Å². The van der Waals surface area contributed by atoms with Gasteiger partial charge in [0.1, 0.15) is 11.8 Å². The SMILES string of the molecule is COc1ccc(S(=O)(=O)N[C@@H](Cc2ccccc2)C(=O)NCc2ccc(S(=O)(=O)N3CCCC3)cc2)cc1Cl. The third-order valence-corrected chi connectivity index (χ3v) is 10.1. The molecule has 1 fully saturated rings. The Bertz CT molecular complexity index is 1510. The molecule has 1 saturated heterocycles. The van der Waals surface area contributed by atoms with Gasteiger partial charge in [0.2, 0.25) is 26.0 Å². The maximum absolute atomic E-state index is 13.2. The standard InChI is InChI=1S/C27H30ClN3O6S2/c1-37-26-14-13-23(18-24(26)28)38(33,34)30-25(17-20-7-3-2-4-8-20)27(32)29-19-21-9-11-22(12-10-21)39(35,36)31-15-5-6-16-31/h2-4,7-14,18,25,30H,5-6,15-17,19H2,1H3,(H,29,32)/t25-/m0/s1. The highest BCUT2D eigenvalue weighted by Crippen LogP contribution is 2.27. The molecule has 208 valence electrons. The summed E-state index contributed by atoms with van der Waals surface area (Å²) in [5, 5.41) is 2.89. The molecule has 3 aromatic carbocycles. The molecule has 0 bridgehead atoms. The van der Waals surface area contributed by atoms with Crippen LogP contribution < -0.4 is 14.8 Å². The van der Waals surface area contributed by atoms with Crippen LogP contribution in [0.2, 0.25) is 5.02 Å². The number of nitrogens with one attached hydrogen (secondary N) is 2. The summed E-state index contributed by atoms with van der Waals surface area (Å²) in [6, 6.07) is 18.3. The number of hydrogen-bond acceptors (Lipinski definition) is 6. The van der Waals surface area contributed by atoms with Gasteiger partial charge in [-0.2, -0.15) is 9.03 Å². The molecule has 4 rings (SSSR count). The number of ether oxygens (including phenoxy) is 1. The molecule has 3 aromatic rings. The summed E-state index contributed by atoms with van der Waals surface area (Å²) in [6.07, 6.45) is 1.81. The molecule has 2 N–H and O–H groups in total. The van der Waals surface area contributed by atoms with E-state index in [-0.39, 0.29) is 27.8 Å². The second-order valence-electron chi connectivity index (χ2n) is 9.13. The van der Waals surface area contributed by atoms with E-state index in [0.29, 0.717) is 24.4 Å². The lowest BCUT2D eigenvalue weighted by Crippen LogP contribution is -2.47. The van der Waals surface area contributed by atoms with Crippen molar-refractivity contribution in [2.24, 2.45) is 0 Å². The molecule has 0 aliphatic carbocycles. The third-order valence-electron chi connectivity index (χ3n) is 6.42. The number of methoxy groups -OCH3 is 1. The van der Waals surface area contributed by atoms with Crippen molar-refractivity contribution < 1.29 is 26.4 Å². The zero-order valence-corrected chi connectivity index (χ0v) is 23.7. The fourth-order valence-corrected chi connectivity index (χ4v) is 7.34. The van der Waals surface area contributed by atoms with Crippen LogP contribution in [0.3, 0.4) is 0 Å². The zero-order valence-electron chi connectivity index (χ0n) is 21.3. The van der Waals surface area contributed by atoms with Crippen molar-refractivity contribution in [2.45, 2.75) is 41.6 Å². The number of carbonyl (C=O) groups excluding carboxylic acids is 1. The van der Waals surface area contributed by atoms with Crippen LogP contribution in [0.15, 0.2) is 82.6 Å². The number of amides is 1. The van der Waals surface area contributed by atoms with Crippen LogP contribution in [0.25, 0.3) is 0 Å². The first-order valence-electron chi connectivity index (χ1n) is 12.4. The maximum atomic E-state index is 13.2. The monoisotopic (exact) mass is 591 g/mol. The Morgan fingerprint density at radius 1 is 0.923 bits per heavy atom. The second kappa shape index (κ2) is 12.5. The molecule has 1 aliphatic rings. The highest BCUT2D eigenvalue weighted by atomic mass is 35.5. The molecule has 0 radical (unpaired) electrons. The fourth-order valence-electron chi connectivity index (χ4n) is 4.28. The quantitative estimate of drug-likeness (QED) is 0.353. The van der Waals surface area contributed by atoms with Gasteiger partial charge in [0.15, 0.2) is 0 Å². The lowest BCUT2D eigenvalue weighted by Gasteiger charge is -2.19. The Balaban J connectivity index is 1.48. The number of rotatable bonds is 11. The number of halogens is 1.